The van der Waals surface area contributed by atoms with Gasteiger partial charge in [-0.2, -0.15) is 0 Å². The number of amides is 4. The lowest BCUT2D eigenvalue weighted by atomic mass is 9.89. The molecule has 0 aromatic heterocycles. The number of anilines is 2. The average Bonchev–Trinajstić information content (AvgIpc) is 3.25. The number of carbonyl (C=O) groups excluding carboxylic acids is 4. The van der Waals surface area contributed by atoms with Crippen molar-refractivity contribution in [1.82, 2.24) is 10.2 Å². The van der Waals surface area contributed by atoms with E-state index in [0.29, 0.717) is 36.6 Å². The molecule has 6 rings (SSSR count). The zero-order valence-corrected chi connectivity index (χ0v) is 23.3. The molecule has 42 heavy (non-hydrogen) atoms. The topological polar surface area (TPSA) is 98.8 Å². The number of piperidine rings is 2. The minimum Gasteiger partial charge on any atom is -0.385 e. The number of rotatable bonds is 8. The van der Waals surface area contributed by atoms with Gasteiger partial charge in [-0.1, -0.05) is 30.3 Å². The number of hydrogen-bond donors (Lipinski definition) is 2. The molecule has 0 spiro atoms. The van der Waals surface area contributed by atoms with Gasteiger partial charge in [-0.15, -0.1) is 0 Å². The van der Waals surface area contributed by atoms with Gasteiger partial charge >= 0.3 is 0 Å². The maximum Gasteiger partial charge on any atom is 0.262 e. The van der Waals surface area contributed by atoms with Crippen LogP contribution in [0.1, 0.15) is 69.9 Å². The van der Waals surface area contributed by atoms with E-state index in [9.17, 15) is 23.6 Å². The van der Waals surface area contributed by atoms with Gasteiger partial charge in [0.2, 0.25) is 11.8 Å². The number of hydrogen-bond acceptors (Lipinski definition) is 6. The van der Waals surface area contributed by atoms with Gasteiger partial charge < -0.3 is 10.2 Å². The summed E-state index contributed by atoms with van der Waals surface area (Å²) in [4.78, 5) is 53.0. The number of halogens is 1. The highest BCUT2D eigenvalue weighted by molar-refractivity contribution is 6.23. The lowest BCUT2D eigenvalue weighted by Gasteiger charge is -2.34. The Kier molecular flexibility index (Phi) is 7.73. The van der Waals surface area contributed by atoms with Gasteiger partial charge in [0.1, 0.15) is 11.9 Å². The molecule has 3 aliphatic rings. The molecule has 3 aromatic rings. The average molecular weight is 569 g/mol. The molecule has 2 saturated heterocycles. The summed E-state index contributed by atoms with van der Waals surface area (Å²) in [5.74, 6) is -1.77. The molecule has 3 heterocycles. The summed E-state index contributed by atoms with van der Waals surface area (Å²) in [6, 6.07) is 19.9. The largest absolute Gasteiger partial charge is 0.385 e. The lowest BCUT2D eigenvalue weighted by molar-refractivity contribution is -0.136. The number of nitrogens with zero attached hydrogens (tertiary/aromatic N) is 2. The zero-order valence-electron chi connectivity index (χ0n) is 23.3. The van der Waals surface area contributed by atoms with Crippen LogP contribution < -0.4 is 15.5 Å². The van der Waals surface area contributed by atoms with E-state index in [1.165, 1.54) is 5.56 Å². The molecule has 1 unspecified atom stereocenters. The Morgan fingerprint density at radius 1 is 0.857 bits per heavy atom. The maximum absolute atomic E-state index is 14.7. The van der Waals surface area contributed by atoms with Crippen molar-refractivity contribution in [1.29, 1.82) is 0 Å². The molecule has 0 radical (unpaired) electrons. The number of nitrogens with one attached hydrogen (secondary N) is 2. The summed E-state index contributed by atoms with van der Waals surface area (Å²) in [6.45, 7) is 2.42. The van der Waals surface area contributed by atoms with Crippen LogP contribution in [0.15, 0.2) is 66.7 Å². The van der Waals surface area contributed by atoms with Crippen molar-refractivity contribution in [2.24, 2.45) is 0 Å². The first-order valence-electron chi connectivity index (χ1n) is 14.6. The molecule has 0 aliphatic carbocycles. The normalized spacial score (nSPS) is 19.2. The fourth-order valence-corrected chi connectivity index (χ4v) is 6.24. The van der Waals surface area contributed by atoms with Crippen LogP contribution >= 0.6 is 0 Å². The van der Waals surface area contributed by atoms with Crippen molar-refractivity contribution in [2.75, 3.05) is 29.9 Å². The van der Waals surface area contributed by atoms with Gasteiger partial charge in [0, 0.05) is 37.4 Å². The Bertz CT molecular complexity index is 1530. The maximum atomic E-state index is 14.7. The molecule has 2 fully saturated rings. The van der Waals surface area contributed by atoms with Gasteiger partial charge in [-0.25, -0.2) is 4.39 Å². The van der Waals surface area contributed by atoms with E-state index in [2.05, 4.69) is 39.8 Å². The monoisotopic (exact) mass is 568 g/mol. The van der Waals surface area contributed by atoms with Crippen molar-refractivity contribution < 1.29 is 23.6 Å². The van der Waals surface area contributed by atoms with Crippen molar-refractivity contribution in [2.45, 2.75) is 50.5 Å². The molecular formula is C33H33FN4O4. The van der Waals surface area contributed by atoms with E-state index < -0.39 is 29.7 Å². The molecule has 0 saturated carbocycles. The summed E-state index contributed by atoms with van der Waals surface area (Å²) in [7, 11) is 0. The van der Waals surface area contributed by atoms with Crippen LogP contribution in [0.4, 0.5) is 15.8 Å². The summed E-state index contributed by atoms with van der Waals surface area (Å²) < 4.78 is 14.7. The van der Waals surface area contributed by atoms with E-state index in [-0.39, 0.29) is 29.8 Å². The van der Waals surface area contributed by atoms with E-state index in [4.69, 9.17) is 0 Å². The third kappa shape index (κ3) is 5.51. The number of carbonyl (C=O) groups is 4. The second-order valence-corrected chi connectivity index (χ2v) is 11.2. The number of imide groups is 2. The van der Waals surface area contributed by atoms with Crippen molar-refractivity contribution in [3.05, 3.63) is 94.8 Å². The second kappa shape index (κ2) is 11.8. The SMILES string of the molecule is O=C1CCC(N2C(=O)c3ccc(NCCCc4cc(N5CCC(c6ccccc6)CC5)ccc4F)cc3C2=O)C(=O)N1. The quantitative estimate of drug-likeness (QED) is 0.303. The predicted molar refractivity (Wildman–Crippen MR) is 157 cm³/mol. The molecular weight excluding hydrogens is 535 g/mol. The molecule has 3 aliphatic heterocycles. The van der Waals surface area contributed by atoms with Crippen LogP contribution in [0, 0.1) is 5.82 Å². The first-order valence-corrected chi connectivity index (χ1v) is 14.6. The molecule has 8 nitrogen and oxygen atoms in total. The minimum atomic E-state index is -0.993. The third-order valence-corrected chi connectivity index (χ3v) is 8.55. The third-order valence-electron chi connectivity index (χ3n) is 8.55. The smallest absolute Gasteiger partial charge is 0.262 e. The Labute approximate surface area is 243 Å². The van der Waals surface area contributed by atoms with Crippen molar-refractivity contribution in [3.63, 3.8) is 0 Å². The van der Waals surface area contributed by atoms with Crippen LogP contribution in [-0.4, -0.2) is 54.2 Å². The van der Waals surface area contributed by atoms with Gasteiger partial charge in [-0.05, 0) is 85.5 Å². The van der Waals surface area contributed by atoms with Gasteiger partial charge in [0.25, 0.3) is 11.8 Å². The second-order valence-electron chi connectivity index (χ2n) is 11.2. The van der Waals surface area contributed by atoms with Crippen LogP contribution in [0.2, 0.25) is 0 Å². The van der Waals surface area contributed by atoms with Crippen LogP contribution in [0.3, 0.4) is 0 Å². The molecule has 0 bridgehead atoms. The van der Waals surface area contributed by atoms with Crippen molar-refractivity contribution in [3.8, 4) is 0 Å². The van der Waals surface area contributed by atoms with E-state index in [0.717, 1.165) is 36.5 Å². The standard InChI is InChI=1S/C33H33FN4O4/c34-28-11-9-25(37-17-14-22(15-18-37)21-5-2-1-3-6-21)19-23(28)7-4-16-35-24-8-10-26-27(20-24)33(42)38(32(26)41)29-12-13-30(39)36-31(29)40/h1-3,5-6,8-11,19-20,22,29,35H,4,7,12-18H2,(H,36,39,40). The molecule has 216 valence electrons. The Morgan fingerprint density at radius 2 is 1.62 bits per heavy atom. The lowest BCUT2D eigenvalue weighted by Crippen LogP contribution is -2.54. The predicted octanol–water partition coefficient (Wildman–Crippen LogP) is 4.66. The highest BCUT2D eigenvalue weighted by atomic mass is 19.1. The van der Waals surface area contributed by atoms with Gasteiger partial charge in [0.15, 0.2) is 0 Å². The Morgan fingerprint density at radius 3 is 2.38 bits per heavy atom. The minimum absolute atomic E-state index is 0.0763. The highest BCUT2D eigenvalue weighted by Gasteiger charge is 2.44. The summed E-state index contributed by atoms with van der Waals surface area (Å²) in [5, 5.41) is 5.47. The molecule has 9 heteroatoms. The fourth-order valence-electron chi connectivity index (χ4n) is 6.24. The summed E-state index contributed by atoms with van der Waals surface area (Å²) in [5.41, 5.74) is 4.24. The summed E-state index contributed by atoms with van der Waals surface area (Å²) in [6.07, 6.45) is 3.56. The molecule has 3 aromatic carbocycles. The van der Waals surface area contributed by atoms with Gasteiger partial charge in [0.05, 0.1) is 11.1 Å². The van der Waals surface area contributed by atoms with Crippen LogP contribution in [0.5, 0.6) is 0 Å². The van der Waals surface area contributed by atoms with Crippen LogP contribution in [0.25, 0.3) is 0 Å². The molecule has 1 atom stereocenters. The number of benzene rings is 3. The first-order chi connectivity index (χ1) is 20.4. The number of aryl methyl sites for hydroxylation is 1. The molecule has 2 N–H and O–H groups in total. The first kappa shape index (κ1) is 27.6. The van der Waals surface area contributed by atoms with E-state index >= 15 is 0 Å². The van der Waals surface area contributed by atoms with Gasteiger partial charge in [-0.3, -0.25) is 29.4 Å². The van der Waals surface area contributed by atoms with Crippen LogP contribution in [-0.2, 0) is 16.0 Å². The van der Waals surface area contributed by atoms with E-state index in [1.54, 1.807) is 24.3 Å². The molecule has 4 amide bonds. The number of fused-ring (bicyclic) bond motifs is 1. The zero-order chi connectivity index (χ0) is 29.2. The fraction of sp³-hybridized carbons (Fsp3) is 0.333. The summed E-state index contributed by atoms with van der Waals surface area (Å²) >= 11 is 0. The Balaban J connectivity index is 1.03. The van der Waals surface area contributed by atoms with Crippen molar-refractivity contribution >= 4 is 35.0 Å². The van der Waals surface area contributed by atoms with E-state index in [1.807, 2.05) is 18.2 Å². The Hall–Kier alpha value is -4.53. The highest BCUT2D eigenvalue weighted by Crippen LogP contribution is 2.32.